The van der Waals surface area contributed by atoms with Crippen LogP contribution in [0.15, 0.2) is 36.7 Å². The number of hydrogen-bond donors (Lipinski definition) is 0. The minimum absolute atomic E-state index is 0.00755. The third-order valence-electron chi connectivity index (χ3n) is 6.36. The lowest BCUT2D eigenvalue weighted by Crippen LogP contribution is -2.35. The number of amides is 1. The van der Waals surface area contributed by atoms with Crippen molar-refractivity contribution in [2.45, 2.75) is 32.2 Å². The van der Waals surface area contributed by atoms with Gasteiger partial charge in [-0.05, 0) is 59.4 Å². The summed E-state index contributed by atoms with van der Waals surface area (Å²) in [5, 5.41) is 4.70. The second-order valence-electron chi connectivity index (χ2n) is 8.52. The van der Waals surface area contributed by atoms with Gasteiger partial charge >= 0.3 is 0 Å². The lowest BCUT2D eigenvalue weighted by molar-refractivity contribution is -0.130. The van der Waals surface area contributed by atoms with Crippen LogP contribution in [0.25, 0.3) is 11.1 Å². The van der Waals surface area contributed by atoms with Gasteiger partial charge in [-0.1, -0.05) is 11.6 Å². The van der Waals surface area contributed by atoms with E-state index in [0.29, 0.717) is 35.7 Å². The summed E-state index contributed by atoms with van der Waals surface area (Å²) in [5.41, 5.74) is 5.82. The number of fused-ring (bicyclic) bond motifs is 2. The van der Waals surface area contributed by atoms with E-state index in [1.165, 1.54) is 0 Å². The van der Waals surface area contributed by atoms with Gasteiger partial charge in [0.15, 0.2) is 0 Å². The molecule has 0 aliphatic carbocycles. The molecule has 0 bridgehead atoms. The van der Waals surface area contributed by atoms with Crippen LogP contribution >= 0.6 is 11.6 Å². The third kappa shape index (κ3) is 3.54. The quantitative estimate of drug-likeness (QED) is 0.538. The van der Waals surface area contributed by atoms with Gasteiger partial charge in [-0.25, -0.2) is 8.78 Å². The summed E-state index contributed by atoms with van der Waals surface area (Å²) < 4.78 is 29.9. The number of anilines is 2. The van der Waals surface area contributed by atoms with E-state index in [1.54, 1.807) is 42.1 Å². The zero-order valence-corrected chi connectivity index (χ0v) is 18.7. The van der Waals surface area contributed by atoms with Crippen LogP contribution in [-0.2, 0) is 31.2 Å². The summed E-state index contributed by atoms with van der Waals surface area (Å²) in [7, 11) is 3.55. The molecule has 5 nitrogen and oxygen atoms in total. The molecule has 32 heavy (non-hydrogen) atoms. The fraction of sp³-hybridized carbons (Fsp3) is 0.333. The Hall–Kier alpha value is -2.93. The van der Waals surface area contributed by atoms with Gasteiger partial charge in [0.05, 0.1) is 12.6 Å². The molecule has 1 aromatic heterocycles. The van der Waals surface area contributed by atoms with Gasteiger partial charge in [-0.3, -0.25) is 9.48 Å². The second-order valence-corrected chi connectivity index (χ2v) is 8.95. The van der Waals surface area contributed by atoms with Crippen molar-refractivity contribution in [1.29, 1.82) is 0 Å². The summed E-state index contributed by atoms with van der Waals surface area (Å²) >= 11 is 6.42. The maximum Gasteiger partial charge on any atom is 0.264 e. The van der Waals surface area contributed by atoms with E-state index in [1.807, 2.05) is 18.2 Å². The molecule has 0 N–H and O–H groups in total. The number of halogens is 3. The van der Waals surface area contributed by atoms with Crippen LogP contribution in [0.5, 0.6) is 0 Å². The highest BCUT2D eigenvalue weighted by Gasteiger charge is 2.29. The molecule has 2 aliphatic rings. The SMILES string of the molecule is CN1Cc2c(cc(Cl)cc2N2CCCc3cc(-c4cnn(C)c4)c(C(F)F)cc32)CC1=O. The molecule has 0 spiro atoms. The van der Waals surface area contributed by atoms with Crippen molar-refractivity contribution in [2.24, 2.45) is 7.05 Å². The molecule has 5 rings (SSSR count). The van der Waals surface area contributed by atoms with Crippen LogP contribution in [0, 0.1) is 0 Å². The summed E-state index contributed by atoms with van der Waals surface area (Å²) in [6.45, 7) is 1.17. The van der Waals surface area contributed by atoms with E-state index in [4.69, 9.17) is 11.6 Å². The Balaban J connectivity index is 1.67. The largest absolute Gasteiger partial charge is 0.341 e. The van der Waals surface area contributed by atoms with Crippen molar-refractivity contribution in [1.82, 2.24) is 14.7 Å². The summed E-state index contributed by atoms with van der Waals surface area (Å²) in [6.07, 6.45) is 2.76. The van der Waals surface area contributed by atoms with Crippen LogP contribution in [0.3, 0.4) is 0 Å². The van der Waals surface area contributed by atoms with E-state index in [2.05, 4.69) is 10.00 Å². The predicted octanol–water partition coefficient (Wildman–Crippen LogP) is 5.28. The summed E-state index contributed by atoms with van der Waals surface area (Å²) in [4.78, 5) is 16.0. The van der Waals surface area contributed by atoms with Gasteiger partial charge in [0.25, 0.3) is 6.43 Å². The fourth-order valence-electron chi connectivity index (χ4n) is 4.77. The standard InChI is InChI=1S/C24H23ClF2N4O/c1-29-13-20-15(8-23(29)32)6-17(25)9-22(20)31-5-3-4-14-7-18(16-11-28-30(2)12-16)19(24(26)27)10-21(14)31/h6-7,9-12,24H,3-5,8,13H2,1-2H3. The molecular weight excluding hydrogens is 434 g/mol. The molecule has 166 valence electrons. The van der Waals surface area contributed by atoms with Crippen molar-refractivity contribution in [2.75, 3.05) is 18.5 Å². The van der Waals surface area contributed by atoms with Crippen molar-refractivity contribution >= 4 is 28.9 Å². The smallest absolute Gasteiger partial charge is 0.264 e. The second kappa shape index (κ2) is 7.89. The highest BCUT2D eigenvalue weighted by Crippen LogP contribution is 2.43. The Bertz CT molecular complexity index is 1220. The number of benzene rings is 2. The molecule has 2 aromatic carbocycles. The Morgan fingerprint density at radius 1 is 1.09 bits per heavy atom. The molecule has 0 saturated heterocycles. The molecule has 0 fully saturated rings. The van der Waals surface area contributed by atoms with E-state index in [9.17, 15) is 13.6 Å². The number of carbonyl (C=O) groups excluding carboxylic acids is 1. The van der Waals surface area contributed by atoms with E-state index in [-0.39, 0.29) is 11.5 Å². The summed E-state index contributed by atoms with van der Waals surface area (Å²) in [6, 6.07) is 7.22. The number of hydrogen-bond acceptors (Lipinski definition) is 3. The van der Waals surface area contributed by atoms with E-state index >= 15 is 0 Å². The Kier molecular flexibility index (Phi) is 5.16. The monoisotopic (exact) mass is 456 g/mol. The van der Waals surface area contributed by atoms with Gasteiger partial charge < -0.3 is 9.80 Å². The molecule has 3 aromatic rings. The molecule has 1 amide bonds. The van der Waals surface area contributed by atoms with Gasteiger partial charge in [0, 0.05) is 60.9 Å². The number of aromatic nitrogens is 2. The lowest BCUT2D eigenvalue weighted by atomic mass is 9.91. The van der Waals surface area contributed by atoms with Crippen molar-refractivity contribution < 1.29 is 13.6 Å². The zero-order chi connectivity index (χ0) is 22.6. The minimum Gasteiger partial charge on any atom is -0.341 e. The first-order valence-electron chi connectivity index (χ1n) is 10.6. The summed E-state index contributed by atoms with van der Waals surface area (Å²) in [5.74, 6) is 0.0471. The first kappa shape index (κ1) is 20.9. The number of carbonyl (C=O) groups is 1. The number of rotatable bonds is 3. The third-order valence-corrected chi connectivity index (χ3v) is 6.58. The van der Waals surface area contributed by atoms with Crippen molar-refractivity contribution in [3.63, 3.8) is 0 Å². The first-order valence-corrected chi connectivity index (χ1v) is 11.0. The van der Waals surface area contributed by atoms with Crippen LogP contribution in [0.1, 0.15) is 35.1 Å². The predicted molar refractivity (Wildman–Crippen MR) is 121 cm³/mol. The zero-order valence-electron chi connectivity index (χ0n) is 17.9. The number of nitrogens with zero attached hydrogens (tertiary/aromatic N) is 4. The number of likely N-dealkylation sites (N-methyl/N-ethyl adjacent to an activating group) is 1. The first-order chi connectivity index (χ1) is 15.3. The van der Waals surface area contributed by atoms with Crippen LogP contribution < -0.4 is 4.90 Å². The highest BCUT2D eigenvalue weighted by atomic mass is 35.5. The molecule has 0 atom stereocenters. The average Bonchev–Trinajstić information content (AvgIpc) is 3.19. The molecule has 2 aliphatic heterocycles. The van der Waals surface area contributed by atoms with Crippen LogP contribution in [0.2, 0.25) is 5.02 Å². The van der Waals surface area contributed by atoms with E-state index in [0.717, 1.165) is 40.9 Å². The minimum atomic E-state index is -2.61. The van der Waals surface area contributed by atoms with Gasteiger partial charge in [0.1, 0.15) is 0 Å². The number of aryl methyl sites for hydroxylation is 2. The maximum atomic E-state index is 14.1. The average molecular weight is 457 g/mol. The Morgan fingerprint density at radius 3 is 2.62 bits per heavy atom. The molecule has 0 saturated carbocycles. The Morgan fingerprint density at radius 2 is 1.91 bits per heavy atom. The van der Waals surface area contributed by atoms with Crippen LogP contribution in [-0.4, -0.2) is 34.2 Å². The van der Waals surface area contributed by atoms with Crippen molar-refractivity contribution in [3.05, 3.63) is 63.9 Å². The highest BCUT2D eigenvalue weighted by molar-refractivity contribution is 6.31. The maximum absolute atomic E-state index is 14.1. The van der Waals surface area contributed by atoms with Gasteiger partial charge in [-0.2, -0.15) is 5.10 Å². The topological polar surface area (TPSA) is 41.4 Å². The molecule has 3 heterocycles. The normalized spacial score (nSPS) is 15.9. The van der Waals surface area contributed by atoms with Crippen LogP contribution in [0.4, 0.5) is 20.2 Å². The van der Waals surface area contributed by atoms with Gasteiger partial charge in [-0.15, -0.1) is 0 Å². The van der Waals surface area contributed by atoms with E-state index < -0.39 is 6.43 Å². The number of alkyl halides is 2. The molecule has 0 radical (unpaired) electrons. The van der Waals surface area contributed by atoms with Crippen molar-refractivity contribution in [3.8, 4) is 11.1 Å². The van der Waals surface area contributed by atoms with Gasteiger partial charge in [0.2, 0.25) is 5.91 Å². The Labute approximate surface area is 190 Å². The molecule has 0 unspecified atom stereocenters. The molecule has 8 heteroatoms. The fourth-order valence-corrected chi connectivity index (χ4v) is 5.01. The lowest BCUT2D eigenvalue weighted by Gasteiger charge is -2.36. The molecular formula is C24H23ClF2N4O.